The number of carbonyl (C=O) groups is 3. The molecule has 3 N–H and O–H groups in total. The van der Waals surface area contributed by atoms with Crippen molar-refractivity contribution in [1.82, 2.24) is 9.80 Å². The predicted molar refractivity (Wildman–Crippen MR) is 160 cm³/mol. The molecular weight excluding hydrogens is 583 g/mol. The Morgan fingerprint density at radius 2 is 1.79 bits per heavy atom. The summed E-state index contributed by atoms with van der Waals surface area (Å²) in [4.78, 5) is 43.1. The maximum Gasteiger partial charge on any atom is 0.416 e. The Bertz CT molecular complexity index is 1320. The van der Waals surface area contributed by atoms with Crippen LogP contribution in [0.2, 0.25) is 0 Å². The molecule has 0 spiro atoms. The number of alkyl halides is 3. The molecule has 0 unspecified atom stereocenters. The summed E-state index contributed by atoms with van der Waals surface area (Å²) in [6, 6.07) is 10.3. The first kappa shape index (κ1) is 32.2. The Morgan fingerprint density at radius 3 is 2.42 bits per heavy atom. The van der Waals surface area contributed by atoms with Crippen molar-refractivity contribution in [1.29, 1.82) is 0 Å². The lowest BCUT2D eigenvalue weighted by Crippen LogP contribution is -2.41. The Morgan fingerprint density at radius 1 is 1.09 bits per heavy atom. The maximum absolute atomic E-state index is 13.7. The molecule has 232 valence electrons. The summed E-state index contributed by atoms with van der Waals surface area (Å²) in [5, 5.41) is 2.83. The Labute approximate surface area is 254 Å². The van der Waals surface area contributed by atoms with Gasteiger partial charge in [-0.15, -0.1) is 0 Å². The highest BCUT2D eigenvalue weighted by Gasteiger charge is 2.44. The van der Waals surface area contributed by atoms with Gasteiger partial charge in [0.25, 0.3) is 5.91 Å². The smallest absolute Gasteiger partial charge is 0.416 e. The molecule has 0 radical (unpaired) electrons. The number of primary amides is 1. The molecule has 2 saturated heterocycles. The molecule has 0 aromatic heterocycles. The van der Waals surface area contributed by atoms with Crippen LogP contribution < -0.4 is 20.7 Å². The molecule has 4 rings (SSSR count). The fraction of sp³-hybridized carbons (Fsp3) is 0.467. The van der Waals surface area contributed by atoms with Crippen LogP contribution in [0.1, 0.15) is 44.6 Å². The number of rotatable bonds is 12. The average Bonchev–Trinajstić information content (AvgIpc) is 3.20. The Balaban J connectivity index is 1.47. The molecule has 2 aliphatic heterocycles. The predicted octanol–water partition coefficient (Wildman–Crippen LogP) is 4.41. The van der Waals surface area contributed by atoms with Gasteiger partial charge in [0.1, 0.15) is 11.8 Å². The van der Waals surface area contributed by atoms with Crippen molar-refractivity contribution in [2.45, 2.75) is 51.2 Å². The molecule has 1 atom stereocenters. The zero-order valence-corrected chi connectivity index (χ0v) is 24.8. The Kier molecular flexibility index (Phi) is 10.6. The van der Waals surface area contributed by atoms with E-state index in [9.17, 15) is 27.6 Å². The molecule has 3 amide bonds. The standard InChI is InChI=1S/C30H36F3N5O4S/c1-2-17-42-24-9-7-22(8-10-24)35-26(39)19-25-28(41)38(23-6-3-5-21(18-23)30(31,32)33)29(43)37(25)14-4-13-36-15-11-20(12-16-36)27(34)40/h3,5-10,18,20,25H,2,4,11-17,19H2,1H3,(H2,34,40)(H,35,39)/t25-/m0/s1. The molecule has 0 bridgehead atoms. The number of anilines is 2. The summed E-state index contributed by atoms with van der Waals surface area (Å²) in [7, 11) is 0. The quantitative estimate of drug-likeness (QED) is 0.339. The molecule has 43 heavy (non-hydrogen) atoms. The molecule has 2 aromatic rings. The third kappa shape index (κ3) is 8.23. The number of piperidine rings is 1. The first-order chi connectivity index (χ1) is 20.5. The highest BCUT2D eigenvalue weighted by Crippen LogP contribution is 2.34. The van der Waals surface area contributed by atoms with Gasteiger partial charge in [-0.3, -0.25) is 19.3 Å². The fourth-order valence-corrected chi connectivity index (χ4v) is 5.71. The molecule has 2 fully saturated rings. The molecular formula is C30H36F3N5O4S. The van der Waals surface area contributed by atoms with Gasteiger partial charge in [-0.25, -0.2) is 0 Å². The van der Waals surface area contributed by atoms with Crippen molar-refractivity contribution in [3.05, 3.63) is 54.1 Å². The average molecular weight is 620 g/mol. The molecule has 0 saturated carbocycles. The summed E-state index contributed by atoms with van der Waals surface area (Å²) in [6.45, 7) is 4.96. The van der Waals surface area contributed by atoms with E-state index in [4.69, 9.17) is 22.7 Å². The number of hydrogen-bond acceptors (Lipinski definition) is 6. The number of benzene rings is 2. The highest BCUT2D eigenvalue weighted by atomic mass is 32.1. The second-order valence-corrected chi connectivity index (χ2v) is 11.1. The van der Waals surface area contributed by atoms with Crippen molar-refractivity contribution in [2.24, 2.45) is 11.7 Å². The van der Waals surface area contributed by atoms with Crippen LogP contribution >= 0.6 is 12.2 Å². The lowest BCUT2D eigenvalue weighted by molar-refractivity contribution is -0.137. The zero-order chi connectivity index (χ0) is 31.1. The van der Waals surface area contributed by atoms with Crippen molar-refractivity contribution >= 4 is 46.4 Å². The second kappa shape index (κ2) is 14.2. The number of carbonyl (C=O) groups excluding carboxylic acids is 3. The summed E-state index contributed by atoms with van der Waals surface area (Å²) in [5.41, 5.74) is 5.04. The van der Waals surface area contributed by atoms with E-state index in [1.165, 1.54) is 12.1 Å². The van der Waals surface area contributed by atoms with Crippen molar-refractivity contribution in [3.63, 3.8) is 0 Å². The van der Waals surface area contributed by atoms with Crippen molar-refractivity contribution < 1.29 is 32.3 Å². The van der Waals surface area contributed by atoms with Gasteiger partial charge in [-0.05, 0) is 100.0 Å². The van der Waals surface area contributed by atoms with Crippen LogP contribution in [0.15, 0.2) is 48.5 Å². The van der Waals surface area contributed by atoms with Crippen LogP contribution in [0.5, 0.6) is 5.75 Å². The zero-order valence-electron chi connectivity index (χ0n) is 23.9. The third-order valence-electron chi connectivity index (χ3n) is 7.60. The number of nitrogens with two attached hydrogens (primary N) is 1. The summed E-state index contributed by atoms with van der Waals surface area (Å²) in [5.74, 6) is -0.767. The number of amides is 3. The topological polar surface area (TPSA) is 108 Å². The van der Waals surface area contributed by atoms with Crippen molar-refractivity contribution in [3.8, 4) is 5.75 Å². The van der Waals surface area contributed by atoms with E-state index in [1.807, 2.05) is 6.92 Å². The number of likely N-dealkylation sites (tertiary alicyclic amines) is 1. The van der Waals surface area contributed by atoms with Gasteiger partial charge >= 0.3 is 6.18 Å². The minimum atomic E-state index is -4.60. The lowest BCUT2D eigenvalue weighted by atomic mass is 9.96. The number of nitrogens with one attached hydrogen (secondary N) is 1. The second-order valence-electron chi connectivity index (χ2n) is 10.7. The summed E-state index contributed by atoms with van der Waals surface area (Å²) >= 11 is 5.62. The molecule has 2 heterocycles. The molecule has 2 aromatic carbocycles. The van der Waals surface area contributed by atoms with Crippen molar-refractivity contribution in [2.75, 3.05) is 43.0 Å². The van der Waals surface area contributed by atoms with E-state index in [0.717, 1.165) is 23.5 Å². The molecule has 13 heteroatoms. The number of nitrogens with zero attached hydrogens (tertiary/aromatic N) is 3. The van der Waals surface area contributed by atoms with Crippen LogP contribution in [-0.4, -0.2) is 71.5 Å². The van der Waals surface area contributed by atoms with Crippen LogP contribution in [0.25, 0.3) is 0 Å². The van der Waals surface area contributed by atoms with E-state index < -0.39 is 29.6 Å². The summed E-state index contributed by atoms with van der Waals surface area (Å²) in [6.07, 6.45) is -2.05. The van der Waals surface area contributed by atoms with Gasteiger partial charge in [-0.2, -0.15) is 13.2 Å². The van der Waals surface area contributed by atoms with Crippen LogP contribution in [0.4, 0.5) is 24.5 Å². The first-order valence-corrected chi connectivity index (χ1v) is 14.7. The minimum absolute atomic E-state index is 0.00562. The molecule has 2 aliphatic rings. The van der Waals surface area contributed by atoms with Gasteiger partial charge in [0, 0.05) is 18.2 Å². The lowest BCUT2D eigenvalue weighted by Gasteiger charge is -2.31. The van der Waals surface area contributed by atoms with Gasteiger partial charge in [0.15, 0.2) is 5.11 Å². The van der Waals surface area contributed by atoms with E-state index in [0.29, 0.717) is 63.5 Å². The molecule has 9 nitrogen and oxygen atoms in total. The SMILES string of the molecule is CCCOc1ccc(NC(=O)C[C@H]2C(=O)N(c3cccc(C(F)(F)F)c3)C(=S)N2CCCN2CCC(C(N)=O)CC2)cc1. The highest BCUT2D eigenvalue weighted by molar-refractivity contribution is 7.80. The van der Waals surface area contributed by atoms with Crippen LogP contribution in [-0.2, 0) is 20.6 Å². The fourth-order valence-electron chi connectivity index (χ4n) is 5.29. The first-order valence-electron chi connectivity index (χ1n) is 14.3. The monoisotopic (exact) mass is 619 g/mol. The van der Waals surface area contributed by atoms with Gasteiger partial charge in [0.2, 0.25) is 11.8 Å². The van der Waals surface area contributed by atoms with Gasteiger partial charge in [0.05, 0.1) is 24.3 Å². The maximum atomic E-state index is 13.7. The van der Waals surface area contributed by atoms with Gasteiger partial charge < -0.3 is 25.6 Å². The minimum Gasteiger partial charge on any atom is -0.494 e. The Hall–Kier alpha value is -3.71. The van der Waals surface area contributed by atoms with Crippen LogP contribution in [0.3, 0.4) is 0 Å². The van der Waals surface area contributed by atoms with E-state index in [2.05, 4.69) is 10.2 Å². The normalized spacial score (nSPS) is 18.3. The van der Waals surface area contributed by atoms with E-state index >= 15 is 0 Å². The third-order valence-corrected chi connectivity index (χ3v) is 8.02. The number of ether oxygens (including phenoxy) is 1. The molecule has 0 aliphatic carbocycles. The van der Waals surface area contributed by atoms with E-state index in [-0.39, 0.29) is 29.0 Å². The number of hydrogen-bond donors (Lipinski definition) is 2. The number of halogens is 3. The number of thiocarbonyl (C=S) groups is 1. The largest absolute Gasteiger partial charge is 0.494 e. The van der Waals surface area contributed by atoms with E-state index in [1.54, 1.807) is 29.2 Å². The van der Waals surface area contributed by atoms with Gasteiger partial charge in [-0.1, -0.05) is 13.0 Å². The summed E-state index contributed by atoms with van der Waals surface area (Å²) < 4.78 is 45.9. The van der Waals surface area contributed by atoms with Crippen LogP contribution in [0, 0.1) is 5.92 Å².